The van der Waals surface area contributed by atoms with Crippen molar-refractivity contribution in [3.8, 4) is 0 Å². The zero-order valence-corrected chi connectivity index (χ0v) is 11.1. The minimum absolute atomic E-state index is 0.0207. The van der Waals surface area contributed by atoms with Crippen LogP contribution in [0.1, 0.15) is 5.56 Å². The van der Waals surface area contributed by atoms with E-state index in [9.17, 15) is 4.79 Å². The molecule has 0 aromatic heterocycles. The molecular weight excluding hydrogens is 248 g/mol. The molecule has 0 bridgehead atoms. The van der Waals surface area contributed by atoms with Crippen molar-refractivity contribution in [1.29, 1.82) is 0 Å². The molecule has 1 aliphatic heterocycles. The number of halogens is 1. The van der Waals surface area contributed by atoms with Crippen molar-refractivity contribution >= 4 is 17.5 Å². The SMILES string of the molecule is C=CC(=O)N1CCN(Cc2ccccc2Cl)CC1. The number of piperazine rings is 1. The van der Waals surface area contributed by atoms with Crippen molar-refractivity contribution in [2.75, 3.05) is 26.2 Å². The maximum Gasteiger partial charge on any atom is 0.246 e. The third-order valence-corrected chi connectivity index (χ3v) is 3.58. The van der Waals surface area contributed by atoms with Crippen LogP contribution in [0.15, 0.2) is 36.9 Å². The summed E-state index contributed by atoms with van der Waals surface area (Å²) in [5.41, 5.74) is 1.14. The van der Waals surface area contributed by atoms with Crippen molar-refractivity contribution in [2.24, 2.45) is 0 Å². The average Bonchev–Trinajstić information content (AvgIpc) is 2.41. The molecule has 96 valence electrons. The molecule has 0 radical (unpaired) electrons. The van der Waals surface area contributed by atoms with Crippen molar-refractivity contribution < 1.29 is 4.79 Å². The number of carbonyl (C=O) groups excluding carboxylic acids is 1. The van der Waals surface area contributed by atoms with Gasteiger partial charge in [-0.05, 0) is 17.7 Å². The van der Waals surface area contributed by atoms with E-state index in [1.807, 2.05) is 29.2 Å². The van der Waals surface area contributed by atoms with Crippen molar-refractivity contribution in [2.45, 2.75) is 6.54 Å². The molecule has 1 amide bonds. The fourth-order valence-corrected chi connectivity index (χ4v) is 2.32. The van der Waals surface area contributed by atoms with Gasteiger partial charge in [0.2, 0.25) is 5.91 Å². The zero-order chi connectivity index (χ0) is 13.0. The first-order chi connectivity index (χ1) is 8.70. The Hall–Kier alpha value is -1.32. The summed E-state index contributed by atoms with van der Waals surface area (Å²) in [5, 5.41) is 0.807. The summed E-state index contributed by atoms with van der Waals surface area (Å²) in [5.74, 6) is 0.0207. The minimum Gasteiger partial charge on any atom is -0.337 e. The average molecular weight is 265 g/mol. The van der Waals surface area contributed by atoms with E-state index in [1.165, 1.54) is 6.08 Å². The predicted octanol–water partition coefficient (Wildman–Crippen LogP) is 2.17. The zero-order valence-electron chi connectivity index (χ0n) is 10.3. The van der Waals surface area contributed by atoms with E-state index in [1.54, 1.807) is 0 Å². The summed E-state index contributed by atoms with van der Waals surface area (Å²) in [7, 11) is 0. The second kappa shape index (κ2) is 6.03. The van der Waals surface area contributed by atoms with Gasteiger partial charge in [-0.1, -0.05) is 36.4 Å². The first kappa shape index (κ1) is 13.1. The summed E-state index contributed by atoms with van der Waals surface area (Å²) in [6.45, 7) is 7.63. The van der Waals surface area contributed by atoms with Crippen molar-refractivity contribution in [1.82, 2.24) is 9.80 Å². The van der Waals surface area contributed by atoms with Crippen LogP contribution in [0.5, 0.6) is 0 Å². The van der Waals surface area contributed by atoms with Gasteiger partial charge in [-0.15, -0.1) is 0 Å². The van der Waals surface area contributed by atoms with E-state index >= 15 is 0 Å². The Morgan fingerprint density at radius 2 is 1.94 bits per heavy atom. The first-order valence-corrected chi connectivity index (χ1v) is 6.45. The van der Waals surface area contributed by atoms with Crippen LogP contribution in [0, 0.1) is 0 Å². The molecule has 1 aromatic carbocycles. The van der Waals surface area contributed by atoms with Gasteiger partial charge in [0.1, 0.15) is 0 Å². The largest absolute Gasteiger partial charge is 0.337 e. The van der Waals surface area contributed by atoms with Crippen LogP contribution in [-0.2, 0) is 11.3 Å². The Kier molecular flexibility index (Phi) is 4.39. The van der Waals surface area contributed by atoms with Gasteiger partial charge in [0, 0.05) is 37.7 Å². The molecule has 0 N–H and O–H groups in total. The second-order valence-corrected chi connectivity index (χ2v) is 4.80. The van der Waals surface area contributed by atoms with Gasteiger partial charge in [0.25, 0.3) is 0 Å². The molecule has 18 heavy (non-hydrogen) atoms. The lowest BCUT2D eigenvalue weighted by Crippen LogP contribution is -2.47. The van der Waals surface area contributed by atoms with Gasteiger partial charge < -0.3 is 4.90 Å². The number of benzene rings is 1. The summed E-state index contributed by atoms with van der Waals surface area (Å²) in [6.07, 6.45) is 1.38. The van der Waals surface area contributed by atoms with Crippen LogP contribution >= 0.6 is 11.6 Å². The molecule has 1 aromatic rings. The van der Waals surface area contributed by atoms with Gasteiger partial charge in [-0.2, -0.15) is 0 Å². The van der Waals surface area contributed by atoms with Crippen molar-refractivity contribution in [3.05, 3.63) is 47.5 Å². The molecule has 2 rings (SSSR count). The number of carbonyl (C=O) groups is 1. The van der Waals surface area contributed by atoms with Gasteiger partial charge in [0.05, 0.1) is 0 Å². The van der Waals surface area contributed by atoms with E-state index in [0.717, 1.165) is 43.3 Å². The molecule has 0 atom stereocenters. The highest BCUT2D eigenvalue weighted by Crippen LogP contribution is 2.17. The van der Waals surface area contributed by atoms with E-state index < -0.39 is 0 Å². The van der Waals surface area contributed by atoms with Gasteiger partial charge in [-0.25, -0.2) is 0 Å². The summed E-state index contributed by atoms with van der Waals surface area (Å²) in [6, 6.07) is 7.89. The first-order valence-electron chi connectivity index (χ1n) is 6.08. The van der Waals surface area contributed by atoms with E-state index in [4.69, 9.17) is 11.6 Å². The number of hydrogen-bond acceptors (Lipinski definition) is 2. The lowest BCUT2D eigenvalue weighted by Gasteiger charge is -2.34. The highest BCUT2D eigenvalue weighted by Gasteiger charge is 2.19. The molecule has 0 unspecified atom stereocenters. The number of amides is 1. The van der Waals surface area contributed by atoms with Crippen LogP contribution in [0.3, 0.4) is 0 Å². The number of hydrogen-bond donors (Lipinski definition) is 0. The lowest BCUT2D eigenvalue weighted by molar-refractivity contribution is -0.127. The maximum atomic E-state index is 11.5. The summed E-state index contributed by atoms with van der Waals surface area (Å²) in [4.78, 5) is 15.6. The molecule has 1 heterocycles. The fraction of sp³-hybridized carbons (Fsp3) is 0.357. The second-order valence-electron chi connectivity index (χ2n) is 4.40. The van der Waals surface area contributed by atoms with Crippen LogP contribution in [0.2, 0.25) is 5.02 Å². The summed E-state index contributed by atoms with van der Waals surface area (Å²) >= 11 is 6.14. The number of nitrogens with zero attached hydrogens (tertiary/aromatic N) is 2. The van der Waals surface area contributed by atoms with E-state index in [0.29, 0.717) is 0 Å². The predicted molar refractivity (Wildman–Crippen MR) is 73.5 cm³/mol. The van der Waals surface area contributed by atoms with E-state index in [2.05, 4.69) is 11.5 Å². The third-order valence-electron chi connectivity index (χ3n) is 3.21. The molecule has 4 heteroatoms. The number of rotatable bonds is 3. The van der Waals surface area contributed by atoms with E-state index in [-0.39, 0.29) is 5.91 Å². The molecule has 1 saturated heterocycles. The highest BCUT2D eigenvalue weighted by molar-refractivity contribution is 6.31. The fourth-order valence-electron chi connectivity index (χ4n) is 2.12. The Labute approximate surface area is 113 Å². The topological polar surface area (TPSA) is 23.6 Å². The van der Waals surface area contributed by atoms with Crippen molar-refractivity contribution in [3.63, 3.8) is 0 Å². The molecule has 3 nitrogen and oxygen atoms in total. The third kappa shape index (κ3) is 3.12. The normalized spacial score (nSPS) is 16.6. The van der Waals surface area contributed by atoms with Gasteiger partial charge in [-0.3, -0.25) is 9.69 Å². The molecule has 1 fully saturated rings. The molecule has 0 saturated carbocycles. The molecule has 0 aliphatic carbocycles. The van der Waals surface area contributed by atoms with Crippen LogP contribution in [-0.4, -0.2) is 41.9 Å². The Bertz CT molecular complexity index is 439. The van der Waals surface area contributed by atoms with Crippen LogP contribution in [0.4, 0.5) is 0 Å². The van der Waals surface area contributed by atoms with Crippen LogP contribution in [0.25, 0.3) is 0 Å². The maximum absolute atomic E-state index is 11.5. The highest BCUT2D eigenvalue weighted by atomic mass is 35.5. The molecule has 0 spiro atoms. The monoisotopic (exact) mass is 264 g/mol. The molecule has 1 aliphatic rings. The molecular formula is C14H17ClN2O. The standard InChI is InChI=1S/C14H17ClN2O/c1-2-14(18)17-9-7-16(8-10-17)11-12-5-3-4-6-13(12)15/h2-6H,1,7-11H2. The summed E-state index contributed by atoms with van der Waals surface area (Å²) < 4.78 is 0. The van der Waals surface area contributed by atoms with Gasteiger partial charge in [0.15, 0.2) is 0 Å². The Balaban J connectivity index is 1.89. The van der Waals surface area contributed by atoms with Crippen LogP contribution < -0.4 is 0 Å². The minimum atomic E-state index is 0.0207. The quantitative estimate of drug-likeness (QED) is 0.782. The lowest BCUT2D eigenvalue weighted by atomic mass is 10.2. The Morgan fingerprint density at radius 1 is 1.28 bits per heavy atom. The Morgan fingerprint density at radius 3 is 2.56 bits per heavy atom. The van der Waals surface area contributed by atoms with Gasteiger partial charge >= 0.3 is 0 Å². The smallest absolute Gasteiger partial charge is 0.246 e.